The molecule has 4 heterocycles. The smallest absolute Gasteiger partial charge is 0.257 e. The zero-order chi connectivity index (χ0) is 20.5. The minimum absolute atomic E-state index is 0.110. The first-order chi connectivity index (χ1) is 14.7. The summed E-state index contributed by atoms with van der Waals surface area (Å²) in [4.78, 5) is 25.1. The van der Waals surface area contributed by atoms with Gasteiger partial charge in [-0.05, 0) is 73.9 Å². The average molecular weight is 407 g/mol. The van der Waals surface area contributed by atoms with E-state index in [2.05, 4.69) is 14.9 Å². The number of nitrogens with zero attached hydrogens (tertiary/aromatic N) is 3. The summed E-state index contributed by atoms with van der Waals surface area (Å²) in [6.07, 6.45) is 9.15. The predicted molar refractivity (Wildman–Crippen MR) is 116 cm³/mol. The van der Waals surface area contributed by atoms with Crippen LogP contribution in [0, 0.1) is 5.82 Å². The second-order valence-corrected chi connectivity index (χ2v) is 8.42. The fraction of sp³-hybridized carbons (Fsp3) is 0.417. The molecule has 1 amide bonds. The lowest BCUT2D eigenvalue weighted by molar-refractivity contribution is 0.0724. The van der Waals surface area contributed by atoms with E-state index in [4.69, 9.17) is 0 Å². The lowest BCUT2D eigenvalue weighted by Gasteiger charge is -2.34. The molecule has 156 valence electrons. The number of carbonyl (C=O) groups is 1. The number of aromatic nitrogens is 2. The number of rotatable bonds is 3. The maximum atomic E-state index is 13.5. The Bertz CT molecular complexity index is 1050. The molecule has 0 bridgehead atoms. The summed E-state index contributed by atoms with van der Waals surface area (Å²) in [5, 5.41) is 1.11. The van der Waals surface area contributed by atoms with Crippen LogP contribution in [0.1, 0.15) is 53.9 Å². The average Bonchev–Trinajstić information content (AvgIpc) is 3.22. The Balaban J connectivity index is 1.33. The highest BCUT2D eigenvalue weighted by Crippen LogP contribution is 2.35. The molecule has 0 aliphatic carbocycles. The van der Waals surface area contributed by atoms with Crippen molar-refractivity contribution in [3.63, 3.8) is 0 Å². The van der Waals surface area contributed by atoms with Gasteiger partial charge in [-0.25, -0.2) is 9.37 Å². The Morgan fingerprint density at radius 2 is 1.87 bits per heavy atom. The number of amides is 1. The molecule has 2 fully saturated rings. The molecule has 1 N–H and O–H groups in total. The van der Waals surface area contributed by atoms with Gasteiger partial charge in [-0.2, -0.15) is 0 Å². The van der Waals surface area contributed by atoms with Gasteiger partial charge in [0.1, 0.15) is 11.6 Å². The van der Waals surface area contributed by atoms with Crippen LogP contribution in [0.15, 0.2) is 42.7 Å². The molecule has 2 aromatic heterocycles. The molecular weight excluding hydrogens is 379 g/mol. The van der Waals surface area contributed by atoms with Crippen molar-refractivity contribution in [3.05, 3.63) is 59.7 Å². The molecule has 0 spiro atoms. The number of benzene rings is 1. The van der Waals surface area contributed by atoms with E-state index in [1.165, 1.54) is 18.1 Å². The van der Waals surface area contributed by atoms with Gasteiger partial charge in [-0.15, -0.1) is 0 Å². The van der Waals surface area contributed by atoms with Gasteiger partial charge in [-0.3, -0.25) is 4.79 Å². The second kappa shape index (κ2) is 8.09. The number of hydrogen-bond donors (Lipinski definition) is 1. The number of nitrogens with one attached hydrogen (secondary N) is 1. The van der Waals surface area contributed by atoms with E-state index in [9.17, 15) is 9.18 Å². The van der Waals surface area contributed by atoms with E-state index in [1.54, 1.807) is 12.3 Å². The lowest BCUT2D eigenvalue weighted by atomic mass is 9.89. The van der Waals surface area contributed by atoms with Gasteiger partial charge in [0, 0.05) is 49.5 Å². The minimum Gasteiger partial charge on any atom is -0.361 e. The molecule has 2 saturated heterocycles. The normalized spacial score (nSPS) is 18.2. The van der Waals surface area contributed by atoms with E-state index in [0.29, 0.717) is 5.92 Å². The molecule has 2 aliphatic heterocycles. The first-order valence-electron chi connectivity index (χ1n) is 11.0. The molecule has 30 heavy (non-hydrogen) atoms. The highest BCUT2D eigenvalue weighted by atomic mass is 19.1. The number of halogens is 1. The van der Waals surface area contributed by atoms with Crippen molar-refractivity contribution in [2.75, 3.05) is 31.1 Å². The standard InChI is InChI=1S/C24H27FN4O/c25-18-6-7-19-21(16-27-22(19)15-18)17-8-13-28(14-9-17)23-20(5-4-10-26-23)24(30)29-11-2-1-3-12-29/h4-7,10,15-17,27H,1-3,8-9,11-14H2. The third-order valence-corrected chi connectivity index (χ3v) is 6.57. The van der Waals surface area contributed by atoms with Gasteiger partial charge >= 0.3 is 0 Å². The fourth-order valence-corrected chi connectivity index (χ4v) is 4.94. The zero-order valence-corrected chi connectivity index (χ0v) is 17.1. The van der Waals surface area contributed by atoms with Crippen molar-refractivity contribution >= 4 is 22.6 Å². The van der Waals surface area contributed by atoms with E-state index in [1.807, 2.05) is 29.3 Å². The molecule has 2 aliphatic rings. The third-order valence-electron chi connectivity index (χ3n) is 6.57. The van der Waals surface area contributed by atoms with E-state index in [0.717, 1.165) is 74.1 Å². The molecule has 5 nitrogen and oxygen atoms in total. The van der Waals surface area contributed by atoms with Gasteiger partial charge in [0.05, 0.1) is 5.56 Å². The molecule has 0 atom stereocenters. The Hall–Kier alpha value is -2.89. The number of fused-ring (bicyclic) bond motifs is 1. The molecule has 6 heteroatoms. The van der Waals surface area contributed by atoms with Crippen molar-refractivity contribution in [1.82, 2.24) is 14.9 Å². The first-order valence-corrected chi connectivity index (χ1v) is 11.0. The number of hydrogen-bond acceptors (Lipinski definition) is 3. The zero-order valence-electron chi connectivity index (χ0n) is 17.1. The quantitative estimate of drug-likeness (QED) is 0.685. The summed E-state index contributed by atoms with van der Waals surface area (Å²) < 4.78 is 13.5. The molecule has 0 unspecified atom stereocenters. The summed E-state index contributed by atoms with van der Waals surface area (Å²) in [5.41, 5.74) is 2.84. The van der Waals surface area contributed by atoms with Crippen molar-refractivity contribution in [1.29, 1.82) is 0 Å². The van der Waals surface area contributed by atoms with Crippen LogP contribution in [0.5, 0.6) is 0 Å². The summed E-state index contributed by atoms with van der Waals surface area (Å²) >= 11 is 0. The van der Waals surface area contributed by atoms with Crippen LogP contribution < -0.4 is 4.90 Å². The van der Waals surface area contributed by atoms with Crippen LogP contribution in [-0.2, 0) is 0 Å². The largest absolute Gasteiger partial charge is 0.361 e. The number of H-pyrrole nitrogens is 1. The fourth-order valence-electron chi connectivity index (χ4n) is 4.94. The summed E-state index contributed by atoms with van der Waals surface area (Å²) in [7, 11) is 0. The van der Waals surface area contributed by atoms with E-state index in [-0.39, 0.29) is 11.7 Å². The molecular formula is C24H27FN4O. The maximum Gasteiger partial charge on any atom is 0.257 e. The highest BCUT2D eigenvalue weighted by molar-refractivity contribution is 5.99. The van der Waals surface area contributed by atoms with Crippen LogP contribution in [0.25, 0.3) is 10.9 Å². The highest BCUT2D eigenvalue weighted by Gasteiger charge is 2.28. The van der Waals surface area contributed by atoms with Crippen LogP contribution in [0.3, 0.4) is 0 Å². The van der Waals surface area contributed by atoms with Crippen LogP contribution in [0.2, 0.25) is 0 Å². The van der Waals surface area contributed by atoms with Gasteiger partial charge in [0.25, 0.3) is 5.91 Å². The minimum atomic E-state index is -0.216. The van der Waals surface area contributed by atoms with Gasteiger partial charge < -0.3 is 14.8 Å². The Morgan fingerprint density at radius 3 is 2.67 bits per heavy atom. The Morgan fingerprint density at radius 1 is 1.07 bits per heavy atom. The summed E-state index contributed by atoms with van der Waals surface area (Å²) in [5.74, 6) is 1.13. The number of piperidine rings is 2. The molecule has 1 aromatic carbocycles. The summed E-state index contributed by atoms with van der Waals surface area (Å²) in [6, 6.07) is 8.73. The van der Waals surface area contributed by atoms with E-state index >= 15 is 0 Å². The molecule has 5 rings (SSSR count). The number of anilines is 1. The maximum absolute atomic E-state index is 13.5. The topological polar surface area (TPSA) is 52.2 Å². The SMILES string of the molecule is O=C(c1cccnc1N1CCC(c2c[nH]c3cc(F)ccc23)CC1)N1CCCCC1. The second-order valence-electron chi connectivity index (χ2n) is 8.42. The van der Waals surface area contributed by atoms with E-state index < -0.39 is 0 Å². The van der Waals surface area contributed by atoms with Gasteiger partial charge in [-0.1, -0.05) is 0 Å². The van der Waals surface area contributed by atoms with Gasteiger partial charge in [0.15, 0.2) is 0 Å². The molecule has 0 radical (unpaired) electrons. The van der Waals surface area contributed by atoms with Crippen LogP contribution >= 0.6 is 0 Å². The number of likely N-dealkylation sites (tertiary alicyclic amines) is 1. The monoisotopic (exact) mass is 406 g/mol. The summed E-state index contributed by atoms with van der Waals surface area (Å²) in [6.45, 7) is 3.40. The Kier molecular flexibility index (Phi) is 5.15. The number of carbonyl (C=O) groups excluding carboxylic acids is 1. The van der Waals surface area contributed by atoms with Crippen molar-refractivity contribution in [2.24, 2.45) is 0 Å². The lowest BCUT2D eigenvalue weighted by Crippen LogP contribution is -2.38. The number of pyridine rings is 1. The van der Waals surface area contributed by atoms with Crippen molar-refractivity contribution in [2.45, 2.75) is 38.0 Å². The van der Waals surface area contributed by atoms with Crippen LogP contribution in [0.4, 0.5) is 10.2 Å². The molecule has 0 saturated carbocycles. The third kappa shape index (κ3) is 3.55. The predicted octanol–water partition coefficient (Wildman–Crippen LogP) is 4.71. The van der Waals surface area contributed by atoms with Crippen LogP contribution in [-0.4, -0.2) is 47.0 Å². The molecule has 3 aromatic rings. The van der Waals surface area contributed by atoms with Gasteiger partial charge in [0.2, 0.25) is 0 Å². The number of aromatic amines is 1. The Labute approximate surface area is 175 Å². The first kappa shape index (κ1) is 19.1. The van der Waals surface area contributed by atoms with Crippen molar-refractivity contribution in [3.8, 4) is 0 Å². The van der Waals surface area contributed by atoms with Crippen molar-refractivity contribution < 1.29 is 9.18 Å².